The predicted molar refractivity (Wildman–Crippen MR) is 93.0 cm³/mol. The van der Waals surface area contributed by atoms with Gasteiger partial charge in [0, 0.05) is 11.1 Å². The molecule has 1 aliphatic carbocycles. The molecule has 2 aromatic rings. The smallest absolute Gasteiger partial charge is 0.342 e. The maximum atomic E-state index is 12.9. The molecule has 25 heavy (non-hydrogen) atoms. The maximum Gasteiger partial charge on any atom is 0.342 e. The van der Waals surface area contributed by atoms with Crippen LogP contribution in [0.25, 0.3) is 5.57 Å². The number of rotatable bonds is 5. The molecule has 128 valence electrons. The molecule has 0 heterocycles. The molecule has 0 saturated carbocycles. The zero-order valence-corrected chi connectivity index (χ0v) is 14.3. The van der Waals surface area contributed by atoms with Gasteiger partial charge in [-0.15, -0.1) is 0 Å². The van der Waals surface area contributed by atoms with Gasteiger partial charge < -0.3 is 14.2 Å². The summed E-state index contributed by atoms with van der Waals surface area (Å²) in [4.78, 5) is 25.4. The largest absolute Gasteiger partial charge is 0.493 e. The van der Waals surface area contributed by atoms with Crippen molar-refractivity contribution < 1.29 is 23.8 Å². The van der Waals surface area contributed by atoms with Gasteiger partial charge in [-0.25, -0.2) is 4.79 Å². The highest BCUT2D eigenvalue weighted by atomic mass is 16.5. The number of Topliss-reactive ketones (excluding diaryl/α,β-unsaturated/α-hetero) is 1. The van der Waals surface area contributed by atoms with Gasteiger partial charge in [0.05, 0.1) is 20.8 Å². The van der Waals surface area contributed by atoms with Crippen LogP contribution in [-0.2, 0) is 9.53 Å². The maximum absolute atomic E-state index is 12.9. The molecular weight excluding hydrogens is 320 g/mol. The van der Waals surface area contributed by atoms with Crippen molar-refractivity contribution in [3.05, 3.63) is 64.7 Å². The number of carbonyl (C=O) groups is 2. The van der Waals surface area contributed by atoms with E-state index in [1.807, 2.05) is 30.3 Å². The Kier molecular flexibility index (Phi) is 4.57. The first kappa shape index (κ1) is 16.8. The van der Waals surface area contributed by atoms with Crippen LogP contribution in [0.5, 0.6) is 11.5 Å². The molecule has 0 radical (unpaired) electrons. The van der Waals surface area contributed by atoms with Crippen molar-refractivity contribution in [3.8, 4) is 11.5 Å². The van der Waals surface area contributed by atoms with E-state index in [9.17, 15) is 9.59 Å². The second kappa shape index (κ2) is 6.81. The monoisotopic (exact) mass is 338 g/mol. The molecule has 0 bridgehead atoms. The fraction of sp³-hybridized carbons (Fsp3) is 0.200. The van der Waals surface area contributed by atoms with Crippen molar-refractivity contribution in [1.82, 2.24) is 0 Å². The minimum atomic E-state index is -0.625. The normalized spacial score (nSPS) is 12.8. The average molecular weight is 338 g/mol. The molecular formula is C20H18O5. The van der Waals surface area contributed by atoms with Crippen LogP contribution >= 0.6 is 0 Å². The van der Waals surface area contributed by atoms with Crippen LogP contribution in [0.3, 0.4) is 0 Å². The minimum absolute atomic E-state index is 0.0401. The molecule has 0 spiro atoms. The Morgan fingerprint density at radius 2 is 1.56 bits per heavy atom. The molecule has 0 unspecified atom stereocenters. The molecule has 0 fully saturated rings. The highest BCUT2D eigenvalue weighted by Crippen LogP contribution is 2.43. The minimum Gasteiger partial charge on any atom is -0.493 e. The standard InChI is InChI=1S/C20H18O5/c1-4-25-20(22)18-17(12-8-6-5-7-9-12)13-10-15(23-2)16(24-3)11-14(13)19(18)21/h5-11H,4H2,1-3H3. The van der Waals surface area contributed by atoms with Crippen LogP contribution in [0.1, 0.15) is 28.4 Å². The Hall–Kier alpha value is -3.08. The van der Waals surface area contributed by atoms with Crippen molar-refractivity contribution >= 4 is 17.3 Å². The highest BCUT2D eigenvalue weighted by molar-refractivity contribution is 6.35. The number of fused-ring (bicyclic) bond motifs is 1. The van der Waals surface area contributed by atoms with E-state index in [4.69, 9.17) is 14.2 Å². The van der Waals surface area contributed by atoms with E-state index in [1.54, 1.807) is 19.1 Å². The molecule has 5 nitrogen and oxygen atoms in total. The summed E-state index contributed by atoms with van der Waals surface area (Å²) in [6.45, 7) is 1.90. The quantitative estimate of drug-likeness (QED) is 0.618. The fourth-order valence-electron chi connectivity index (χ4n) is 2.96. The third kappa shape index (κ3) is 2.78. The van der Waals surface area contributed by atoms with Crippen LogP contribution < -0.4 is 9.47 Å². The molecule has 5 heteroatoms. The van der Waals surface area contributed by atoms with Crippen LogP contribution in [0.4, 0.5) is 0 Å². The molecule has 0 atom stereocenters. The van der Waals surface area contributed by atoms with Crippen LogP contribution in [-0.4, -0.2) is 32.6 Å². The van der Waals surface area contributed by atoms with Crippen molar-refractivity contribution in [1.29, 1.82) is 0 Å². The van der Waals surface area contributed by atoms with E-state index in [2.05, 4.69) is 0 Å². The Balaban J connectivity index is 2.28. The summed E-state index contributed by atoms with van der Waals surface area (Å²) in [6.07, 6.45) is 0. The molecule has 0 amide bonds. The lowest BCUT2D eigenvalue weighted by Crippen LogP contribution is -2.14. The molecule has 0 aliphatic heterocycles. The molecule has 3 rings (SSSR count). The Morgan fingerprint density at radius 3 is 2.12 bits per heavy atom. The van der Waals surface area contributed by atoms with Crippen LogP contribution in [0, 0.1) is 0 Å². The summed E-state index contributed by atoms with van der Waals surface area (Å²) >= 11 is 0. The SMILES string of the molecule is CCOC(=O)C1=C(c2ccccc2)c2cc(OC)c(OC)cc2C1=O. The number of ether oxygens (including phenoxy) is 3. The zero-order chi connectivity index (χ0) is 18.0. The number of methoxy groups -OCH3 is 2. The van der Waals surface area contributed by atoms with E-state index in [-0.39, 0.29) is 18.0 Å². The first-order valence-corrected chi connectivity index (χ1v) is 7.90. The number of hydrogen-bond acceptors (Lipinski definition) is 5. The van der Waals surface area contributed by atoms with Gasteiger partial charge in [-0.3, -0.25) is 4.79 Å². The summed E-state index contributed by atoms with van der Waals surface area (Å²) in [6, 6.07) is 12.6. The van der Waals surface area contributed by atoms with Gasteiger partial charge >= 0.3 is 5.97 Å². The van der Waals surface area contributed by atoms with Gasteiger partial charge in [-0.1, -0.05) is 30.3 Å². The summed E-state index contributed by atoms with van der Waals surface area (Å²) in [5, 5.41) is 0. The van der Waals surface area contributed by atoms with Crippen LogP contribution in [0.15, 0.2) is 48.0 Å². The number of esters is 1. The fourth-order valence-corrected chi connectivity index (χ4v) is 2.96. The summed E-state index contributed by atoms with van der Waals surface area (Å²) in [5.41, 5.74) is 2.40. The van der Waals surface area contributed by atoms with E-state index in [0.717, 1.165) is 5.56 Å². The number of ketones is 1. The first-order chi connectivity index (χ1) is 12.1. The third-order valence-corrected chi connectivity index (χ3v) is 4.06. The molecule has 0 N–H and O–H groups in total. The summed E-state index contributed by atoms with van der Waals surface area (Å²) in [5.74, 6) is -0.0616. The number of benzene rings is 2. The predicted octanol–water partition coefficient (Wildman–Crippen LogP) is 3.27. The third-order valence-electron chi connectivity index (χ3n) is 4.06. The molecule has 0 aromatic heterocycles. The van der Waals surface area contributed by atoms with Gasteiger partial charge in [0.25, 0.3) is 0 Å². The van der Waals surface area contributed by atoms with Crippen molar-refractivity contribution in [2.75, 3.05) is 20.8 Å². The van der Waals surface area contributed by atoms with Crippen molar-refractivity contribution in [2.45, 2.75) is 6.92 Å². The van der Waals surface area contributed by atoms with E-state index in [0.29, 0.717) is 28.2 Å². The zero-order valence-electron chi connectivity index (χ0n) is 14.3. The Labute approximate surface area is 145 Å². The lowest BCUT2D eigenvalue weighted by Gasteiger charge is -2.12. The van der Waals surface area contributed by atoms with E-state index < -0.39 is 5.97 Å². The Bertz CT molecular complexity index is 865. The van der Waals surface area contributed by atoms with Gasteiger partial charge in [0.1, 0.15) is 5.57 Å². The van der Waals surface area contributed by atoms with E-state index in [1.165, 1.54) is 14.2 Å². The Morgan fingerprint density at radius 1 is 0.960 bits per heavy atom. The summed E-state index contributed by atoms with van der Waals surface area (Å²) < 4.78 is 15.7. The molecule has 2 aromatic carbocycles. The molecule has 1 aliphatic rings. The van der Waals surface area contributed by atoms with Crippen molar-refractivity contribution in [2.24, 2.45) is 0 Å². The lowest BCUT2D eigenvalue weighted by molar-refractivity contribution is -0.137. The van der Waals surface area contributed by atoms with Gasteiger partial charge in [-0.05, 0) is 30.2 Å². The highest BCUT2D eigenvalue weighted by Gasteiger charge is 2.36. The van der Waals surface area contributed by atoms with Crippen molar-refractivity contribution in [3.63, 3.8) is 0 Å². The second-order valence-electron chi connectivity index (χ2n) is 5.42. The second-order valence-corrected chi connectivity index (χ2v) is 5.42. The number of hydrogen-bond donors (Lipinski definition) is 0. The number of carbonyl (C=O) groups excluding carboxylic acids is 2. The molecule has 0 saturated heterocycles. The van der Waals surface area contributed by atoms with Crippen LogP contribution in [0.2, 0.25) is 0 Å². The lowest BCUT2D eigenvalue weighted by atomic mass is 9.97. The average Bonchev–Trinajstić information content (AvgIpc) is 2.93. The van der Waals surface area contributed by atoms with Gasteiger partial charge in [0.2, 0.25) is 5.78 Å². The van der Waals surface area contributed by atoms with Gasteiger partial charge in [-0.2, -0.15) is 0 Å². The van der Waals surface area contributed by atoms with Gasteiger partial charge in [0.15, 0.2) is 11.5 Å². The van der Waals surface area contributed by atoms with E-state index >= 15 is 0 Å². The topological polar surface area (TPSA) is 61.8 Å². The summed E-state index contributed by atoms with van der Waals surface area (Å²) in [7, 11) is 3.03. The first-order valence-electron chi connectivity index (χ1n) is 7.90.